The van der Waals surface area contributed by atoms with Crippen molar-refractivity contribution >= 4 is 19.5 Å². The van der Waals surface area contributed by atoms with Gasteiger partial charge in [-0.05, 0) is 0 Å². The number of rotatable bonds is 10. The van der Waals surface area contributed by atoms with Crippen LogP contribution in [0, 0.1) is 0 Å². The van der Waals surface area contributed by atoms with Crippen LogP contribution in [0.5, 0.6) is 0 Å². The summed E-state index contributed by atoms with van der Waals surface area (Å²) in [5.41, 5.74) is 10.8. The van der Waals surface area contributed by atoms with E-state index in [1.807, 2.05) is 0 Å². The molecule has 0 aliphatic carbocycles. The summed E-state index contributed by atoms with van der Waals surface area (Å²) in [6.45, 7) is 3.40. The largest absolute Gasteiger partial charge is 0.462 e. The Morgan fingerprint density at radius 3 is 2.05 bits per heavy atom. The van der Waals surface area contributed by atoms with E-state index in [4.69, 9.17) is 30.0 Å². The number of ether oxygens (including phenoxy) is 2. The molecule has 9 nitrogen and oxygen atoms in total. The molecular weight excluding hydrogens is 303 g/mol. The summed E-state index contributed by atoms with van der Waals surface area (Å²) in [6, 6.07) is 0. The van der Waals surface area contributed by atoms with Gasteiger partial charge >= 0.3 is 19.5 Å². The lowest BCUT2D eigenvalue weighted by atomic mass is 10.4. The number of hydrogen-bond acceptors (Lipinski definition) is 9. The van der Waals surface area contributed by atoms with Crippen LogP contribution in [-0.2, 0) is 32.7 Å². The van der Waals surface area contributed by atoms with Crippen LogP contribution in [0.15, 0.2) is 0 Å². The minimum Gasteiger partial charge on any atom is -0.462 e. The van der Waals surface area contributed by atoms with Crippen LogP contribution in [0.1, 0.15) is 13.8 Å². The van der Waals surface area contributed by atoms with Crippen LogP contribution in [0.4, 0.5) is 0 Å². The molecule has 0 saturated heterocycles. The number of carbonyl (C=O) groups excluding carboxylic acids is 2. The maximum Gasteiger partial charge on any atom is 0.328 e. The lowest BCUT2D eigenvalue weighted by molar-refractivity contribution is -0.158. The SMILES string of the molecule is CC(=O)OCC(COP(C)(=O)OC(CN)CN)OC(C)=O. The normalized spacial score (nSPS) is 15.3. The number of nitrogens with two attached hydrogens (primary N) is 2. The molecule has 2 unspecified atom stereocenters. The van der Waals surface area contributed by atoms with Gasteiger partial charge in [-0.15, -0.1) is 0 Å². The van der Waals surface area contributed by atoms with E-state index in [9.17, 15) is 14.2 Å². The van der Waals surface area contributed by atoms with Crippen molar-refractivity contribution in [1.29, 1.82) is 0 Å². The first kappa shape index (κ1) is 20.0. The average molecular weight is 326 g/mol. The third-order valence-electron chi connectivity index (χ3n) is 2.17. The van der Waals surface area contributed by atoms with Gasteiger partial charge in [0, 0.05) is 33.6 Å². The van der Waals surface area contributed by atoms with Crippen molar-refractivity contribution in [3.05, 3.63) is 0 Å². The number of hydrogen-bond donors (Lipinski definition) is 2. The minimum atomic E-state index is -3.42. The fourth-order valence-electron chi connectivity index (χ4n) is 1.26. The van der Waals surface area contributed by atoms with Crippen molar-refractivity contribution in [2.75, 3.05) is 33.0 Å². The van der Waals surface area contributed by atoms with E-state index in [0.29, 0.717) is 0 Å². The smallest absolute Gasteiger partial charge is 0.328 e. The molecule has 21 heavy (non-hydrogen) atoms. The molecule has 0 aliphatic heterocycles. The van der Waals surface area contributed by atoms with Crippen LogP contribution in [0.25, 0.3) is 0 Å². The van der Waals surface area contributed by atoms with Crippen LogP contribution < -0.4 is 11.5 Å². The molecule has 0 aromatic heterocycles. The first-order valence-corrected chi connectivity index (χ1v) is 8.30. The molecule has 0 aliphatic rings. The average Bonchev–Trinajstić information content (AvgIpc) is 2.38. The van der Waals surface area contributed by atoms with Crippen LogP contribution in [0.3, 0.4) is 0 Å². The lowest BCUT2D eigenvalue weighted by Crippen LogP contribution is -2.32. The summed E-state index contributed by atoms with van der Waals surface area (Å²) in [5, 5.41) is 0. The molecule has 10 heteroatoms. The Morgan fingerprint density at radius 2 is 1.62 bits per heavy atom. The van der Waals surface area contributed by atoms with Gasteiger partial charge in [-0.1, -0.05) is 0 Å². The molecule has 0 saturated carbocycles. The standard InChI is InChI=1S/C11H23N2O7P/c1-8(14)17-6-11(19-9(2)15)7-18-21(3,16)20-10(4-12)5-13/h10-11H,4-7,12-13H2,1-3H3. The maximum absolute atomic E-state index is 12.1. The van der Waals surface area contributed by atoms with Crippen molar-refractivity contribution in [3.8, 4) is 0 Å². The Bertz CT molecular complexity index is 387. The van der Waals surface area contributed by atoms with E-state index < -0.39 is 31.7 Å². The second-order valence-electron chi connectivity index (χ2n) is 4.30. The molecular formula is C11H23N2O7P. The monoisotopic (exact) mass is 326 g/mol. The molecule has 0 amide bonds. The summed E-state index contributed by atoms with van der Waals surface area (Å²) in [4.78, 5) is 21.7. The number of esters is 2. The first-order valence-electron chi connectivity index (χ1n) is 6.31. The van der Waals surface area contributed by atoms with Gasteiger partial charge in [0.25, 0.3) is 0 Å². The third-order valence-corrected chi connectivity index (χ3v) is 3.47. The summed E-state index contributed by atoms with van der Waals surface area (Å²) in [7, 11) is -3.42. The predicted molar refractivity (Wildman–Crippen MR) is 74.7 cm³/mol. The van der Waals surface area contributed by atoms with E-state index in [1.165, 1.54) is 20.5 Å². The van der Waals surface area contributed by atoms with E-state index in [-0.39, 0.29) is 26.3 Å². The molecule has 124 valence electrons. The Hall–Kier alpha value is -0.990. The quantitative estimate of drug-likeness (QED) is 0.406. The molecule has 4 N–H and O–H groups in total. The zero-order valence-electron chi connectivity index (χ0n) is 12.4. The summed E-state index contributed by atoms with van der Waals surface area (Å²) >= 11 is 0. The molecule has 0 aromatic rings. The van der Waals surface area contributed by atoms with Gasteiger partial charge in [-0.3, -0.25) is 14.2 Å². The highest BCUT2D eigenvalue weighted by Gasteiger charge is 2.25. The van der Waals surface area contributed by atoms with Crippen molar-refractivity contribution in [3.63, 3.8) is 0 Å². The second-order valence-corrected chi connectivity index (χ2v) is 6.31. The fraction of sp³-hybridized carbons (Fsp3) is 0.818. The zero-order chi connectivity index (χ0) is 16.5. The van der Waals surface area contributed by atoms with Gasteiger partial charge in [-0.2, -0.15) is 0 Å². The van der Waals surface area contributed by atoms with Crippen molar-refractivity contribution in [2.24, 2.45) is 11.5 Å². The molecule has 0 rings (SSSR count). The van der Waals surface area contributed by atoms with E-state index in [2.05, 4.69) is 0 Å². The zero-order valence-corrected chi connectivity index (χ0v) is 13.3. The molecule has 0 aromatic carbocycles. The van der Waals surface area contributed by atoms with E-state index in [1.54, 1.807) is 0 Å². The van der Waals surface area contributed by atoms with Crippen molar-refractivity contribution in [2.45, 2.75) is 26.1 Å². The van der Waals surface area contributed by atoms with Gasteiger partial charge in [0.05, 0.1) is 12.7 Å². The Kier molecular flexibility index (Phi) is 9.39. The molecule has 0 spiro atoms. The first-order chi connectivity index (χ1) is 9.70. The molecule has 0 fully saturated rings. The van der Waals surface area contributed by atoms with Crippen molar-refractivity contribution < 1.29 is 32.7 Å². The maximum atomic E-state index is 12.1. The topological polar surface area (TPSA) is 140 Å². The lowest BCUT2D eigenvalue weighted by Gasteiger charge is -2.22. The Labute approximate surface area is 123 Å². The molecule has 2 atom stereocenters. The molecule has 0 heterocycles. The highest BCUT2D eigenvalue weighted by atomic mass is 31.2. The summed E-state index contributed by atoms with van der Waals surface area (Å²) in [6.07, 6.45) is -1.47. The minimum absolute atomic E-state index is 0.0957. The summed E-state index contributed by atoms with van der Waals surface area (Å²) < 4.78 is 31.9. The molecule has 0 bridgehead atoms. The highest BCUT2D eigenvalue weighted by Crippen LogP contribution is 2.45. The van der Waals surface area contributed by atoms with E-state index in [0.717, 1.165) is 0 Å². The van der Waals surface area contributed by atoms with Crippen LogP contribution in [-0.4, -0.2) is 57.1 Å². The highest BCUT2D eigenvalue weighted by molar-refractivity contribution is 7.53. The molecule has 0 radical (unpaired) electrons. The van der Waals surface area contributed by atoms with Gasteiger partial charge in [-0.25, -0.2) is 0 Å². The van der Waals surface area contributed by atoms with Gasteiger partial charge in [0.15, 0.2) is 6.10 Å². The fourth-order valence-corrected chi connectivity index (χ4v) is 2.47. The Morgan fingerprint density at radius 1 is 1.05 bits per heavy atom. The Balaban J connectivity index is 4.45. The third kappa shape index (κ3) is 10.4. The van der Waals surface area contributed by atoms with Gasteiger partial charge in [0.2, 0.25) is 0 Å². The number of carbonyl (C=O) groups is 2. The predicted octanol–water partition coefficient (Wildman–Crippen LogP) is -0.377. The van der Waals surface area contributed by atoms with Gasteiger partial charge in [0.1, 0.15) is 6.61 Å². The van der Waals surface area contributed by atoms with Crippen LogP contribution in [0.2, 0.25) is 0 Å². The van der Waals surface area contributed by atoms with Crippen LogP contribution >= 0.6 is 7.60 Å². The second kappa shape index (κ2) is 9.86. The van der Waals surface area contributed by atoms with Crippen molar-refractivity contribution in [1.82, 2.24) is 0 Å². The van der Waals surface area contributed by atoms with Gasteiger partial charge < -0.3 is 30.0 Å². The van der Waals surface area contributed by atoms with E-state index >= 15 is 0 Å². The summed E-state index contributed by atoms with van der Waals surface area (Å²) in [5.74, 6) is -1.11.